The minimum absolute atomic E-state index is 0.0260. The quantitative estimate of drug-likeness (QED) is 0.468. The third-order valence-corrected chi connectivity index (χ3v) is 3.02. The van der Waals surface area contributed by atoms with Crippen LogP contribution in [-0.2, 0) is 0 Å². The van der Waals surface area contributed by atoms with Crippen LogP contribution in [0.2, 0.25) is 0 Å². The molecule has 0 aromatic carbocycles. The van der Waals surface area contributed by atoms with Crippen molar-refractivity contribution in [3.05, 3.63) is 0 Å². The molecule has 0 radical (unpaired) electrons. The van der Waals surface area contributed by atoms with E-state index in [2.05, 4.69) is 10.9 Å². The summed E-state index contributed by atoms with van der Waals surface area (Å²) in [5, 5.41) is 9.68. The number of β-amino-alcohol motifs (C(OH)–C–C–N with tert-alkyl or cyclic N) is 1. The molecule has 3 nitrogen and oxygen atoms in total. The molecule has 2 aliphatic rings. The van der Waals surface area contributed by atoms with Crippen molar-refractivity contribution in [2.45, 2.75) is 43.7 Å². The zero-order chi connectivity index (χ0) is 7.73. The first-order chi connectivity index (χ1) is 5.33. The number of hydrogen-bond acceptors (Lipinski definition) is 3. The van der Waals surface area contributed by atoms with E-state index in [0.717, 1.165) is 12.8 Å². The van der Waals surface area contributed by atoms with Gasteiger partial charge in [-0.05, 0) is 12.8 Å². The van der Waals surface area contributed by atoms with E-state index in [1.54, 1.807) is 0 Å². The first-order valence-electron chi connectivity index (χ1n) is 4.52. The highest BCUT2D eigenvalue weighted by Crippen LogP contribution is 2.32. The molecule has 0 amide bonds. The predicted octanol–water partition coefficient (Wildman–Crippen LogP) is 0.158. The van der Waals surface area contributed by atoms with Crippen LogP contribution >= 0.6 is 0 Å². The standard InChI is InChI=1S/C8H16N2O/c11-7-6-9-10-8(7)4-2-1-3-5-8/h7,9-11H,1-6H2. The molecule has 0 aromatic rings. The lowest BCUT2D eigenvalue weighted by Crippen LogP contribution is -2.50. The van der Waals surface area contributed by atoms with Crippen LogP contribution in [0.3, 0.4) is 0 Å². The molecule has 2 rings (SSSR count). The summed E-state index contributed by atoms with van der Waals surface area (Å²) in [5.41, 5.74) is 6.28. The molecule has 1 aliphatic carbocycles. The minimum atomic E-state index is -0.178. The maximum atomic E-state index is 9.68. The Morgan fingerprint density at radius 3 is 2.45 bits per heavy atom. The van der Waals surface area contributed by atoms with Crippen molar-refractivity contribution in [2.75, 3.05) is 6.54 Å². The summed E-state index contributed by atoms with van der Waals surface area (Å²) >= 11 is 0. The topological polar surface area (TPSA) is 44.3 Å². The fourth-order valence-corrected chi connectivity index (χ4v) is 2.24. The maximum Gasteiger partial charge on any atom is 0.0872 e. The van der Waals surface area contributed by atoms with E-state index in [1.165, 1.54) is 19.3 Å². The molecule has 1 atom stereocenters. The first kappa shape index (κ1) is 7.53. The number of hydrazine groups is 1. The van der Waals surface area contributed by atoms with Crippen LogP contribution in [0, 0.1) is 0 Å². The SMILES string of the molecule is OC1CNNC12CCCCC2. The molecule has 1 unspecified atom stereocenters. The van der Waals surface area contributed by atoms with Gasteiger partial charge in [0.05, 0.1) is 11.6 Å². The average Bonchev–Trinajstić information content (AvgIpc) is 2.36. The second-order valence-electron chi connectivity index (χ2n) is 3.74. The van der Waals surface area contributed by atoms with E-state index in [9.17, 15) is 5.11 Å². The lowest BCUT2D eigenvalue weighted by molar-refractivity contribution is 0.0777. The number of aliphatic hydroxyl groups excluding tert-OH is 1. The minimum Gasteiger partial charge on any atom is -0.390 e. The van der Waals surface area contributed by atoms with Crippen LogP contribution in [0.15, 0.2) is 0 Å². The summed E-state index contributed by atoms with van der Waals surface area (Å²) in [6.07, 6.45) is 5.92. The number of rotatable bonds is 0. The van der Waals surface area contributed by atoms with Crippen molar-refractivity contribution in [2.24, 2.45) is 0 Å². The van der Waals surface area contributed by atoms with Crippen LogP contribution in [-0.4, -0.2) is 23.3 Å². The van der Waals surface area contributed by atoms with Crippen molar-refractivity contribution in [1.29, 1.82) is 0 Å². The molecule has 1 aliphatic heterocycles. The van der Waals surface area contributed by atoms with Gasteiger partial charge in [-0.1, -0.05) is 19.3 Å². The van der Waals surface area contributed by atoms with Crippen molar-refractivity contribution >= 4 is 0 Å². The summed E-state index contributed by atoms with van der Waals surface area (Å²) < 4.78 is 0. The summed E-state index contributed by atoms with van der Waals surface area (Å²) in [5.74, 6) is 0. The summed E-state index contributed by atoms with van der Waals surface area (Å²) in [4.78, 5) is 0. The molecule has 1 saturated carbocycles. The molecule has 2 fully saturated rings. The Hall–Kier alpha value is -0.120. The highest BCUT2D eigenvalue weighted by atomic mass is 16.3. The Balaban J connectivity index is 2.06. The van der Waals surface area contributed by atoms with E-state index < -0.39 is 0 Å². The van der Waals surface area contributed by atoms with Crippen molar-refractivity contribution in [3.63, 3.8) is 0 Å². The van der Waals surface area contributed by atoms with E-state index in [1.807, 2.05) is 0 Å². The number of nitrogens with one attached hydrogen (secondary N) is 2. The largest absolute Gasteiger partial charge is 0.390 e. The smallest absolute Gasteiger partial charge is 0.0872 e. The lowest BCUT2D eigenvalue weighted by atomic mass is 9.79. The van der Waals surface area contributed by atoms with Gasteiger partial charge in [-0.15, -0.1) is 0 Å². The van der Waals surface area contributed by atoms with E-state index in [0.29, 0.717) is 6.54 Å². The van der Waals surface area contributed by atoms with Gasteiger partial charge in [-0.25, -0.2) is 5.43 Å². The summed E-state index contributed by atoms with van der Waals surface area (Å²) in [6.45, 7) is 0.708. The Morgan fingerprint density at radius 1 is 1.18 bits per heavy atom. The van der Waals surface area contributed by atoms with E-state index in [4.69, 9.17) is 0 Å². The van der Waals surface area contributed by atoms with Gasteiger partial charge in [0, 0.05) is 6.54 Å². The summed E-state index contributed by atoms with van der Waals surface area (Å²) in [6, 6.07) is 0. The Bertz CT molecular complexity index is 143. The van der Waals surface area contributed by atoms with Gasteiger partial charge >= 0.3 is 0 Å². The van der Waals surface area contributed by atoms with Crippen LogP contribution in [0.1, 0.15) is 32.1 Å². The molecule has 64 valence electrons. The second-order valence-corrected chi connectivity index (χ2v) is 3.74. The summed E-state index contributed by atoms with van der Waals surface area (Å²) in [7, 11) is 0. The second kappa shape index (κ2) is 2.73. The maximum absolute atomic E-state index is 9.68. The third kappa shape index (κ3) is 1.17. The molecule has 0 bridgehead atoms. The van der Waals surface area contributed by atoms with Crippen molar-refractivity contribution < 1.29 is 5.11 Å². The Labute approximate surface area is 67.1 Å². The fraction of sp³-hybridized carbons (Fsp3) is 1.00. The van der Waals surface area contributed by atoms with Gasteiger partial charge in [-0.3, -0.25) is 5.43 Å². The van der Waals surface area contributed by atoms with Crippen LogP contribution < -0.4 is 10.9 Å². The van der Waals surface area contributed by atoms with Gasteiger partial charge in [0.2, 0.25) is 0 Å². The molecular formula is C8H16N2O. The zero-order valence-electron chi connectivity index (χ0n) is 6.77. The van der Waals surface area contributed by atoms with Crippen LogP contribution in [0.5, 0.6) is 0 Å². The van der Waals surface area contributed by atoms with Crippen molar-refractivity contribution in [1.82, 2.24) is 10.9 Å². The molecule has 1 heterocycles. The van der Waals surface area contributed by atoms with Gasteiger partial charge in [0.25, 0.3) is 0 Å². The van der Waals surface area contributed by atoms with Gasteiger partial charge in [-0.2, -0.15) is 0 Å². The van der Waals surface area contributed by atoms with Crippen LogP contribution in [0.25, 0.3) is 0 Å². The Kier molecular flexibility index (Phi) is 1.87. The number of hydrogen-bond donors (Lipinski definition) is 3. The number of aliphatic hydroxyl groups is 1. The molecule has 1 saturated heterocycles. The normalized spacial score (nSPS) is 36.3. The Morgan fingerprint density at radius 2 is 1.91 bits per heavy atom. The zero-order valence-corrected chi connectivity index (χ0v) is 6.77. The van der Waals surface area contributed by atoms with Crippen molar-refractivity contribution in [3.8, 4) is 0 Å². The molecule has 11 heavy (non-hydrogen) atoms. The van der Waals surface area contributed by atoms with E-state index in [-0.39, 0.29) is 11.6 Å². The van der Waals surface area contributed by atoms with Gasteiger partial charge in [0.1, 0.15) is 0 Å². The third-order valence-electron chi connectivity index (χ3n) is 3.02. The lowest BCUT2D eigenvalue weighted by Gasteiger charge is -2.35. The van der Waals surface area contributed by atoms with Crippen LogP contribution in [0.4, 0.5) is 0 Å². The molecule has 3 N–H and O–H groups in total. The predicted molar refractivity (Wildman–Crippen MR) is 43.0 cm³/mol. The van der Waals surface area contributed by atoms with Gasteiger partial charge < -0.3 is 5.11 Å². The first-order valence-corrected chi connectivity index (χ1v) is 4.52. The molecule has 1 spiro atoms. The molecular weight excluding hydrogens is 140 g/mol. The highest BCUT2D eigenvalue weighted by molar-refractivity contribution is 5.00. The van der Waals surface area contributed by atoms with Gasteiger partial charge in [0.15, 0.2) is 0 Å². The average molecular weight is 156 g/mol. The fourth-order valence-electron chi connectivity index (χ4n) is 2.24. The monoisotopic (exact) mass is 156 g/mol. The highest BCUT2D eigenvalue weighted by Gasteiger charge is 2.42. The molecule has 3 heteroatoms. The van der Waals surface area contributed by atoms with E-state index >= 15 is 0 Å². The molecule has 0 aromatic heterocycles.